The fourth-order valence-electron chi connectivity index (χ4n) is 1.68. The quantitative estimate of drug-likeness (QED) is 0.741. The molecule has 0 saturated heterocycles. The van der Waals surface area contributed by atoms with E-state index < -0.39 is 0 Å². The van der Waals surface area contributed by atoms with Crippen molar-refractivity contribution in [2.45, 2.75) is 19.9 Å². The van der Waals surface area contributed by atoms with Gasteiger partial charge in [0.2, 0.25) is 5.91 Å². The maximum Gasteiger partial charge on any atom is 0.236 e. The molecule has 0 aliphatic rings. The fraction of sp³-hybridized carbons (Fsp3) is 0.500. The summed E-state index contributed by atoms with van der Waals surface area (Å²) in [4.78, 5) is 19.6. The first-order valence-electron chi connectivity index (χ1n) is 6.39. The molecule has 0 aliphatic heterocycles. The molecule has 0 saturated carbocycles. The maximum atomic E-state index is 12.0. The van der Waals surface area contributed by atoms with Crippen LogP contribution >= 0.6 is 0 Å². The molecule has 1 aromatic rings. The number of rotatable bonds is 7. The van der Waals surface area contributed by atoms with Crippen LogP contribution in [0.5, 0.6) is 0 Å². The van der Waals surface area contributed by atoms with E-state index in [0.29, 0.717) is 19.5 Å². The first-order valence-corrected chi connectivity index (χ1v) is 6.39. The Bertz CT molecular complexity index is 427. The third-order valence-corrected chi connectivity index (χ3v) is 2.95. The molecule has 19 heavy (non-hydrogen) atoms. The van der Waals surface area contributed by atoms with Gasteiger partial charge in [0.05, 0.1) is 19.0 Å². The van der Waals surface area contributed by atoms with Crippen molar-refractivity contribution in [1.29, 1.82) is 5.26 Å². The van der Waals surface area contributed by atoms with Crippen molar-refractivity contribution < 1.29 is 4.79 Å². The zero-order valence-electron chi connectivity index (χ0n) is 11.5. The Morgan fingerprint density at radius 3 is 2.68 bits per heavy atom. The highest BCUT2D eigenvalue weighted by molar-refractivity contribution is 5.77. The summed E-state index contributed by atoms with van der Waals surface area (Å²) in [6, 6.07) is 5.95. The van der Waals surface area contributed by atoms with Gasteiger partial charge in [-0.05, 0) is 24.2 Å². The molecule has 0 fully saturated rings. The summed E-state index contributed by atoms with van der Waals surface area (Å²) in [5, 5.41) is 8.52. The summed E-state index contributed by atoms with van der Waals surface area (Å²) in [5.41, 5.74) is 1.14. The molecule has 1 amide bonds. The number of likely N-dealkylation sites (N-methyl/N-ethyl adjacent to an activating group) is 2. The Balaban J connectivity index is 2.48. The van der Waals surface area contributed by atoms with Crippen molar-refractivity contribution in [3.05, 3.63) is 30.1 Å². The fourth-order valence-corrected chi connectivity index (χ4v) is 1.68. The highest BCUT2D eigenvalue weighted by Gasteiger charge is 2.13. The third kappa shape index (κ3) is 5.49. The molecule has 1 heterocycles. The predicted molar refractivity (Wildman–Crippen MR) is 73.1 cm³/mol. The van der Waals surface area contributed by atoms with E-state index >= 15 is 0 Å². The molecule has 1 rings (SSSR count). The number of aromatic nitrogens is 1. The zero-order valence-corrected chi connectivity index (χ0v) is 11.5. The second-order valence-electron chi connectivity index (χ2n) is 4.38. The van der Waals surface area contributed by atoms with Gasteiger partial charge in [0.1, 0.15) is 0 Å². The van der Waals surface area contributed by atoms with E-state index in [1.54, 1.807) is 24.3 Å². The lowest BCUT2D eigenvalue weighted by Gasteiger charge is -2.23. The summed E-state index contributed by atoms with van der Waals surface area (Å²) in [5.74, 6) is 0.0474. The van der Waals surface area contributed by atoms with E-state index in [4.69, 9.17) is 5.26 Å². The number of carbonyl (C=O) groups is 1. The maximum absolute atomic E-state index is 12.0. The molecular weight excluding hydrogens is 240 g/mol. The van der Waals surface area contributed by atoms with Crippen LogP contribution in [0.25, 0.3) is 0 Å². The minimum atomic E-state index is 0.0474. The summed E-state index contributed by atoms with van der Waals surface area (Å²) >= 11 is 0. The Morgan fingerprint density at radius 2 is 2.11 bits per heavy atom. The van der Waals surface area contributed by atoms with Crippen LogP contribution in [0.4, 0.5) is 0 Å². The molecule has 0 radical (unpaired) electrons. The predicted octanol–water partition coefficient (Wildman–Crippen LogP) is 1.28. The largest absolute Gasteiger partial charge is 0.344 e. The molecule has 102 valence electrons. The van der Waals surface area contributed by atoms with Gasteiger partial charge in [0, 0.05) is 32.5 Å². The summed E-state index contributed by atoms with van der Waals surface area (Å²) in [7, 11) is 1.74. The first kappa shape index (κ1) is 15.1. The number of pyridine rings is 1. The molecule has 0 aromatic carbocycles. The van der Waals surface area contributed by atoms with Gasteiger partial charge in [-0.1, -0.05) is 6.92 Å². The summed E-state index contributed by atoms with van der Waals surface area (Å²) < 4.78 is 0. The SMILES string of the molecule is CCN(CC(=O)N(C)CCC#N)Cc1ccncc1. The van der Waals surface area contributed by atoms with Crippen LogP contribution in [-0.4, -0.2) is 47.4 Å². The highest BCUT2D eigenvalue weighted by Crippen LogP contribution is 2.03. The molecular formula is C14H20N4O. The second kappa shape index (κ2) is 8.22. The number of hydrogen-bond donors (Lipinski definition) is 0. The van der Waals surface area contributed by atoms with Crippen molar-refractivity contribution >= 4 is 5.91 Å². The van der Waals surface area contributed by atoms with Gasteiger partial charge in [0.25, 0.3) is 0 Å². The van der Waals surface area contributed by atoms with E-state index in [9.17, 15) is 4.79 Å². The molecule has 0 aliphatic carbocycles. The lowest BCUT2D eigenvalue weighted by molar-refractivity contribution is -0.131. The Kier molecular flexibility index (Phi) is 6.55. The van der Waals surface area contributed by atoms with Crippen LogP contribution in [0.3, 0.4) is 0 Å². The molecule has 0 bridgehead atoms. The standard InChI is InChI=1S/C14H20N4O/c1-3-18(11-13-5-8-16-9-6-13)12-14(19)17(2)10-4-7-15/h5-6,8-9H,3-4,10-12H2,1-2H3. The van der Waals surface area contributed by atoms with Crippen LogP contribution in [0, 0.1) is 11.3 Å². The van der Waals surface area contributed by atoms with E-state index in [-0.39, 0.29) is 5.91 Å². The second-order valence-corrected chi connectivity index (χ2v) is 4.38. The van der Waals surface area contributed by atoms with Crippen LogP contribution in [-0.2, 0) is 11.3 Å². The van der Waals surface area contributed by atoms with Crippen molar-refractivity contribution in [3.63, 3.8) is 0 Å². The number of carbonyl (C=O) groups excluding carboxylic acids is 1. The Hall–Kier alpha value is -1.93. The smallest absolute Gasteiger partial charge is 0.236 e. The van der Waals surface area contributed by atoms with E-state index in [2.05, 4.69) is 9.88 Å². The van der Waals surface area contributed by atoms with Crippen molar-refractivity contribution in [2.75, 3.05) is 26.7 Å². The van der Waals surface area contributed by atoms with Gasteiger partial charge in [-0.2, -0.15) is 5.26 Å². The van der Waals surface area contributed by atoms with Crippen LogP contribution in [0.2, 0.25) is 0 Å². The van der Waals surface area contributed by atoms with Crippen LogP contribution in [0.15, 0.2) is 24.5 Å². The zero-order chi connectivity index (χ0) is 14.1. The molecule has 0 unspecified atom stereocenters. The van der Waals surface area contributed by atoms with Gasteiger partial charge in [-0.25, -0.2) is 0 Å². The molecule has 5 nitrogen and oxygen atoms in total. The lowest BCUT2D eigenvalue weighted by Crippen LogP contribution is -2.38. The normalized spacial score (nSPS) is 10.2. The minimum absolute atomic E-state index is 0.0474. The van der Waals surface area contributed by atoms with Gasteiger partial charge >= 0.3 is 0 Å². The van der Waals surface area contributed by atoms with E-state index in [1.807, 2.05) is 25.1 Å². The number of amides is 1. The van der Waals surface area contributed by atoms with Crippen molar-refractivity contribution in [3.8, 4) is 6.07 Å². The molecule has 1 aromatic heterocycles. The third-order valence-electron chi connectivity index (χ3n) is 2.95. The average molecular weight is 260 g/mol. The Morgan fingerprint density at radius 1 is 1.42 bits per heavy atom. The van der Waals surface area contributed by atoms with E-state index in [0.717, 1.165) is 18.7 Å². The van der Waals surface area contributed by atoms with Crippen LogP contribution in [0.1, 0.15) is 18.9 Å². The molecule has 0 N–H and O–H groups in total. The molecule has 5 heteroatoms. The van der Waals surface area contributed by atoms with Crippen molar-refractivity contribution in [2.24, 2.45) is 0 Å². The Labute approximate surface area is 114 Å². The van der Waals surface area contributed by atoms with Gasteiger partial charge in [-0.15, -0.1) is 0 Å². The first-order chi connectivity index (χ1) is 9.17. The lowest BCUT2D eigenvalue weighted by atomic mass is 10.2. The molecule has 0 atom stereocenters. The van der Waals surface area contributed by atoms with Gasteiger partial charge < -0.3 is 4.90 Å². The van der Waals surface area contributed by atoms with Crippen molar-refractivity contribution in [1.82, 2.24) is 14.8 Å². The van der Waals surface area contributed by atoms with Crippen LogP contribution < -0.4 is 0 Å². The topological polar surface area (TPSA) is 60.2 Å². The van der Waals surface area contributed by atoms with Gasteiger partial charge in [0.15, 0.2) is 0 Å². The summed E-state index contributed by atoms with van der Waals surface area (Å²) in [6.07, 6.45) is 3.88. The molecule has 0 spiro atoms. The highest BCUT2D eigenvalue weighted by atomic mass is 16.2. The number of nitrogens with zero attached hydrogens (tertiary/aromatic N) is 4. The van der Waals surface area contributed by atoms with E-state index in [1.165, 1.54) is 0 Å². The monoisotopic (exact) mass is 260 g/mol. The minimum Gasteiger partial charge on any atom is -0.344 e. The summed E-state index contributed by atoms with van der Waals surface area (Å²) in [6.45, 7) is 4.43. The van der Waals surface area contributed by atoms with Gasteiger partial charge in [-0.3, -0.25) is 14.7 Å². The average Bonchev–Trinajstić information content (AvgIpc) is 2.44. The number of hydrogen-bond acceptors (Lipinski definition) is 4. The number of nitriles is 1.